The van der Waals surface area contributed by atoms with Crippen LogP contribution >= 0.6 is 0 Å². The van der Waals surface area contributed by atoms with Crippen LogP contribution in [0.1, 0.15) is 11.1 Å². The van der Waals surface area contributed by atoms with Crippen molar-refractivity contribution in [2.45, 2.75) is 10.6 Å². The maximum atomic E-state index is 12.9. The lowest BCUT2D eigenvalue weighted by atomic mass is 10.1. The number of hydrogen-bond donors (Lipinski definition) is 1. The number of benzene rings is 2. The van der Waals surface area contributed by atoms with Crippen LogP contribution in [0.2, 0.25) is 0 Å². The highest BCUT2D eigenvalue weighted by Gasteiger charge is 2.11. The van der Waals surface area contributed by atoms with Crippen LogP contribution in [0.15, 0.2) is 47.4 Å². The number of anilines is 1. The van der Waals surface area contributed by atoms with Crippen LogP contribution in [-0.4, -0.2) is 4.21 Å². The second kappa shape index (κ2) is 5.63. The summed E-state index contributed by atoms with van der Waals surface area (Å²) in [5.41, 5.74) is 6.98. The molecule has 19 heavy (non-hydrogen) atoms. The van der Waals surface area contributed by atoms with Crippen LogP contribution in [0.4, 0.5) is 10.1 Å². The van der Waals surface area contributed by atoms with E-state index in [9.17, 15) is 8.60 Å². The van der Waals surface area contributed by atoms with E-state index in [2.05, 4.69) is 6.07 Å². The summed E-state index contributed by atoms with van der Waals surface area (Å²) >= 11 is 0. The van der Waals surface area contributed by atoms with E-state index < -0.39 is 16.6 Å². The third kappa shape index (κ3) is 2.98. The van der Waals surface area contributed by atoms with Crippen molar-refractivity contribution in [3.05, 3.63) is 59.4 Å². The molecular formula is C14H11FN2OS. The molecule has 2 aromatic rings. The summed E-state index contributed by atoms with van der Waals surface area (Å²) < 4.78 is 25.1. The lowest BCUT2D eigenvalue weighted by molar-refractivity contribution is 0.627. The van der Waals surface area contributed by atoms with Crippen LogP contribution in [0.25, 0.3) is 0 Å². The topological polar surface area (TPSA) is 66.9 Å². The molecule has 2 N–H and O–H groups in total. The van der Waals surface area contributed by atoms with Crippen LogP contribution in [0.5, 0.6) is 0 Å². The molecule has 1 unspecified atom stereocenters. The highest BCUT2D eigenvalue weighted by atomic mass is 32.2. The Bertz CT molecular complexity index is 679. The number of halogens is 1. The molecule has 0 aromatic heterocycles. The van der Waals surface area contributed by atoms with E-state index in [0.29, 0.717) is 16.0 Å². The standard InChI is InChI=1S/C14H11FN2OS/c15-12-5-6-14(13(17)7-12)19(18)9-11-4-2-1-3-10(11)8-16/h1-7H,9,17H2. The van der Waals surface area contributed by atoms with Crippen molar-refractivity contribution in [2.75, 3.05) is 5.73 Å². The molecule has 0 amide bonds. The summed E-state index contributed by atoms with van der Waals surface area (Å²) in [6.45, 7) is 0. The van der Waals surface area contributed by atoms with Crippen LogP contribution in [0.3, 0.4) is 0 Å². The normalized spacial score (nSPS) is 11.8. The number of nitriles is 1. The zero-order chi connectivity index (χ0) is 13.8. The minimum atomic E-state index is -1.41. The van der Waals surface area contributed by atoms with Gasteiger partial charge in [0.2, 0.25) is 0 Å². The van der Waals surface area contributed by atoms with Gasteiger partial charge in [-0.3, -0.25) is 4.21 Å². The fourth-order valence-corrected chi connectivity index (χ4v) is 2.93. The summed E-state index contributed by atoms with van der Waals surface area (Å²) in [4.78, 5) is 0.383. The molecule has 0 aliphatic carbocycles. The molecule has 0 spiro atoms. The Balaban J connectivity index is 2.29. The first kappa shape index (κ1) is 13.2. The van der Waals surface area contributed by atoms with Gasteiger partial charge in [-0.05, 0) is 29.8 Å². The summed E-state index contributed by atoms with van der Waals surface area (Å²) in [5, 5.41) is 8.97. The Morgan fingerprint density at radius 3 is 2.68 bits per heavy atom. The minimum absolute atomic E-state index is 0.160. The summed E-state index contributed by atoms with van der Waals surface area (Å²) in [7, 11) is -1.41. The van der Waals surface area contributed by atoms with E-state index in [1.54, 1.807) is 24.3 Å². The molecule has 0 aliphatic heterocycles. The van der Waals surface area contributed by atoms with Crippen LogP contribution in [0, 0.1) is 17.1 Å². The Morgan fingerprint density at radius 1 is 1.26 bits per heavy atom. The molecule has 0 radical (unpaired) electrons. The molecule has 5 heteroatoms. The monoisotopic (exact) mass is 274 g/mol. The fourth-order valence-electron chi connectivity index (χ4n) is 1.70. The molecule has 3 nitrogen and oxygen atoms in total. The van der Waals surface area contributed by atoms with Crippen molar-refractivity contribution in [3.8, 4) is 6.07 Å². The Kier molecular flexibility index (Phi) is 3.93. The number of rotatable bonds is 3. The van der Waals surface area contributed by atoms with E-state index in [0.717, 1.165) is 6.07 Å². The first-order valence-electron chi connectivity index (χ1n) is 5.53. The molecule has 0 saturated heterocycles. The highest BCUT2D eigenvalue weighted by Crippen LogP contribution is 2.21. The van der Waals surface area contributed by atoms with Gasteiger partial charge in [0.15, 0.2) is 0 Å². The molecule has 0 fully saturated rings. The lowest BCUT2D eigenvalue weighted by Crippen LogP contribution is -2.02. The van der Waals surface area contributed by atoms with Gasteiger partial charge in [0.1, 0.15) is 5.82 Å². The largest absolute Gasteiger partial charge is 0.398 e. The quantitative estimate of drug-likeness (QED) is 0.875. The molecule has 2 aromatic carbocycles. The van der Waals surface area contributed by atoms with Gasteiger partial charge >= 0.3 is 0 Å². The van der Waals surface area contributed by atoms with Gasteiger partial charge in [-0.1, -0.05) is 18.2 Å². The Labute approximate surface area is 112 Å². The first-order valence-corrected chi connectivity index (χ1v) is 6.85. The van der Waals surface area contributed by atoms with E-state index in [1.165, 1.54) is 12.1 Å². The van der Waals surface area contributed by atoms with Crippen LogP contribution < -0.4 is 5.73 Å². The molecule has 0 aliphatic rings. The third-order valence-electron chi connectivity index (χ3n) is 2.64. The van der Waals surface area contributed by atoms with Crippen molar-refractivity contribution in [1.82, 2.24) is 0 Å². The molecule has 0 heterocycles. The summed E-state index contributed by atoms with van der Waals surface area (Å²) in [6.07, 6.45) is 0. The molecule has 1 atom stereocenters. The predicted molar refractivity (Wildman–Crippen MR) is 72.1 cm³/mol. The summed E-state index contributed by atoms with van der Waals surface area (Å²) in [6, 6.07) is 12.8. The van der Waals surface area contributed by atoms with Gasteiger partial charge < -0.3 is 5.73 Å². The van der Waals surface area contributed by atoms with E-state index in [4.69, 9.17) is 11.0 Å². The van der Waals surface area contributed by atoms with Gasteiger partial charge in [-0.15, -0.1) is 0 Å². The Morgan fingerprint density at radius 2 is 2.00 bits per heavy atom. The zero-order valence-corrected chi connectivity index (χ0v) is 10.8. The van der Waals surface area contributed by atoms with Gasteiger partial charge in [0.25, 0.3) is 0 Å². The van der Waals surface area contributed by atoms with E-state index >= 15 is 0 Å². The fraction of sp³-hybridized carbons (Fsp3) is 0.0714. The van der Waals surface area contributed by atoms with Crippen molar-refractivity contribution in [2.24, 2.45) is 0 Å². The number of nitrogen functional groups attached to an aromatic ring is 1. The second-order valence-electron chi connectivity index (χ2n) is 3.94. The molecule has 0 bridgehead atoms. The number of nitrogens with two attached hydrogens (primary N) is 1. The maximum absolute atomic E-state index is 12.9. The average Bonchev–Trinajstić information content (AvgIpc) is 2.39. The van der Waals surface area contributed by atoms with E-state index in [1.807, 2.05) is 0 Å². The lowest BCUT2D eigenvalue weighted by Gasteiger charge is -2.07. The molecule has 96 valence electrons. The van der Waals surface area contributed by atoms with Crippen molar-refractivity contribution in [1.29, 1.82) is 5.26 Å². The number of hydrogen-bond acceptors (Lipinski definition) is 3. The zero-order valence-electron chi connectivity index (χ0n) is 9.97. The summed E-state index contributed by atoms with van der Waals surface area (Å²) in [5.74, 6) is -0.282. The van der Waals surface area contributed by atoms with E-state index in [-0.39, 0.29) is 11.4 Å². The average molecular weight is 274 g/mol. The number of nitrogens with zero attached hydrogens (tertiary/aromatic N) is 1. The van der Waals surface area contributed by atoms with Crippen molar-refractivity contribution < 1.29 is 8.60 Å². The van der Waals surface area contributed by atoms with Gasteiger partial charge in [0.05, 0.1) is 38.8 Å². The molecule has 2 rings (SSSR count). The Hall–Kier alpha value is -2.19. The molecule has 0 saturated carbocycles. The smallest absolute Gasteiger partial charge is 0.125 e. The third-order valence-corrected chi connectivity index (χ3v) is 4.08. The van der Waals surface area contributed by atoms with Crippen LogP contribution in [-0.2, 0) is 16.6 Å². The highest BCUT2D eigenvalue weighted by molar-refractivity contribution is 7.84. The maximum Gasteiger partial charge on any atom is 0.125 e. The van der Waals surface area contributed by atoms with Crippen molar-refractivity contribution >= 4 is 16.5 Å². The van der Waals surface area contributed by atoms with Gasteiger partial charge in [-0.2, -0.15) is 5.26 Å². The SMILES string of the molecule is N#Cc1ccccc1CS(=O)c1ccc(F)cc1N. The van der Waals surface area contributed by atoms with Gasteiger partial charge in [0, 0.05) is 0 Å². The van der Waals surface area contributed by atoms with Crippen molar-refractivity contribution in [3.63, 3.8) is 0 Å². The van der Waals surface area contributed by atoms with Gasteiger partial charge in [-0.25, -0.2) is 4.39 Å². The second-order valence-corrected chi connectivity index (χ2v) is 5.36. The molecular weight excluding hydrogens is 263 g/mol. The minimum Gasteiger partial charge on any atom is -0.398 e. The predicted octanol–water partition coefficient (Wildman–Crippen LogP) is 2.59. The first-order chi connectivity index (χ1) is 9.11.